The molecule has 6 heteroatoms. The smallest absolute Gasteiger partial charge is 0.244 e. The van der Waals surface area contributed by atoms with Gasteiger partial charge in [0.2, 0.25) is 11.8 Å². The fourth-order valence-corrected chi connectivity index (χ4v) is 2.69. The zero-order valence-electron chi connectivity index (χ0n) is 15.2. The third-order valence-electron chi connectivity index (χ3n) is 3.85. The number of rotatable bonds is 7. The molecule has 6 nitrogen and oxygen atoms in total. The van der Waals surface area contributed by atoms with E-state index >= 15 is 0 Å². The second kappa shape index (κ2) is 8.55. The van der Waals surface area contributed by atoms with Crippen LogP contribution in [0.2, 0.25) is 0 Å². The van der Waals surface area contributed by atoms with E-state index in [2.05, 4.69) is 10.6 Å². The monoisotopic (exact) mass is 346 g/mol. The maximum Gasteiger partial charge on any atom is 0.244 e. The molecule has 1 aliphatic rings. The van der Waals surface area contributed by atoms with Crippen molar-refractivity contribution in [3.63, 3.8) is 0 Å². The summed E-state index contributed by atoms with van der Waals surface area (Å²) in [5, 5.41) is 5.30. The van der Waals surface area contributed by atoms with Gasteiger partial charge >= 0.3 is 0 Å². The van der Waals surface area contributed by atoms with Crippen LogP contribution in [-0.2, 0) is 16.0 Å². The molecule has 2 amide bonds. The summed E-state index contributed by atoms with van der Waals surface area (Å²) in [4.78, 5) is 23.7. The van der Waals surface area contributed by atoms with E-state index in [1.807, 2.05) is 32.9 Å². The number of amides is 2. The SMILES string of the molecule is CCNC(=O)[C@H](C)NC(=O)/C=C/c1cc2c(cc1OCC)C[C@H](C)O2. The van der Waals surface area contributed by atoms with Gasteiger partial charge in [-0.15, -0.1) is 0 Å². The number of nitrogens with one attached hydrogen (secondary N) is 2. The zero-order chi connectivity index (χ0) is 18.4. The molecule has 0 radical (unpaired) electrons. The van der Waals surface area contributed by atoms with Gasteiger partial charge in [0.15, 0.2) is 0 Å². The average molecular weight is 346 g/mol. The van der Waals surface area contributed by atoms with E-state index in [-0.39, 0.29) is 17.9 Å². The van der Waals surface area contributed by atoms with Crippen molar-refractivity contribution < 1.29 is 19.1 Å². The van der Waals surface area contributed by atoms with Crippen LogP contribution < -0.4 is 20.1 Å². The lowest BCUT2D eigenvalue weighted by Gasteiger charge is -2.12. The van der Waals surface area contributed by atoms with Gasteiger partial charge in [0.25, 0.3) is 0 Å². The molecule has 0 spiro atoms. The number of carbonyl (C=O) groups excluding carboxylic acids is 2. The molecule has 2 rings (SSSR count). The first-order chi connectivity index (χ1) is 11.9. The standard InChI is InChI=1S/C19H26N2O4/c1-5-20-19(23)13(4)21-18(22)8-7-14-10-17-15(9-12(3)25-17)11-16(14)24-6-2/h7-8,10-13H,5-6,9H2,1-4H3,(H,20,23)(H,21,22)/b8-7+/t12-,13-/m0/s1. The highest BCUT2D eigenvalue weighted by Crippen LogP contribution is 2.35. The summed E-state index contributed by atoms with van der Waals surface area (Å²) in [6.07, 6.45) is 4.07. The van der Waals surface area contributed by atoms with Gasteiger partial charge < -0.3 is 20.1 Å². The van der Waals surface area contributed by atoms with Crippen molar-refractivity contribution in [1.29, 1.82) is 0 Å². The molecule has 1 aromatic carbocycles. The number of ether oxygens (including phenoxy) is 2. The normalized spacial score (nSPS) is 16.9. The summed E-state index contributed by atoms with van der Waals surface area (Å²) in [5.74, 6) is 1.00. The quantitative estimate of drug-likeness (QED) is 0.741. The second-order valence-electron chi connectivity index (χ2n) is 6.02. The van der Waals surface area contributed by atoms with Crippen LogP contribution in [0.4, 0.5) is 0 Å². The molecular formula is C19H26N2O4. The van der Waals surface area contributed by atoms with E-state index in [1.54, 1.807) is 13.0 Å². The predicted octanol–water partition coefficient (Wildman–Crippen LogP) is 2.06. The highest BCUT2D eigenvalue weighted by Gasteiger charge is 2.21. The molecule has 1 aromatic rings. The van der Waals surface area contributed by atoms with Gasteiger partial charge in [-0.3, -0.25) is 9.59 Å². The predicted molar refractivity (Wildman–Crippen MR) is 96.7 cm³/mol. The van der Waals surface area contributed by atoms with Gasteiger partial charge in [-0.05, 0) is 45.9 Å². The number of carbonyl (C=O) groups is 2. The Hall–Kier alpha value is -2.50. The van der Waals surface area contributed by atoms with Gasteiger partial charge in [-0.2, -0.15) is 0 Å². The summed E-state index contributed by atoms with van der Waals surface area (Å²) >= 11 is 0. The van der Waals surface area contributed by atoms with Crippen molar-refractivity contribution in [3.8, 4) is 11.5 Å². The average Bonchev–Trinajstić information content (AvgIpc) is 2.92. The summed E-state index contributed by atoms with van der Waals surface area (Å²) in [5.41, 5.74) is 1.89. The van der Waals surface area contributed by atoms with Gasteiger partial charge in [-0.25, -0.2) is 0 Å². The molecule has 1 heterocycles. The highest BCUT2D eigenvalue weighted by atomic mass is 16.5. The van der Waals surface area contributed by atoms with Gasteiger partial charge in [0.1, 0.15) is 23.6 Å². The van der Waals surface area contributed by atoms with Crippen molar-refractivity contribution in [3.05, 3.63) is 29.3 Å². The molecule has 1 aliphatic heterocycles. The van der Waals surface area contributed by atoms with E-state index < -0.39 is 6.04 Å². The van der Waals surface area contributed by atoms with Gasteiger partial charge in [0.05, 0.1) is 6.61 Å². The number of hydrogen-bond donors (Lipinski definition) is 2. The molecule has 2 atom stereocenters. The van der Waals surface area contributed by atoms with E-state index in [9.17, 15) is 9.59 Å². The van der Waals surface area contributed by atoms with E-state index in [1.165, 1.54) is 6.08 Å². The Labute approximate surface area is 148 Å². The van der Waals surface area contributed by atoms with Crippen LogP contribution in [0.3, 0.4) is 0 Å². The van der Waals surface area contributed by atoms with Crippen LogP contribution in [0.15, 0.2) is 18.2 Å². The minimum Gasteiger partial charge on any atom is -0.493 e. The fraction of sp³-hybridized carbons (Fsp3) is 0.474. The van der Waals surface area contributed by atoms with Crippen molar-refractivity contribution in [1.82, 2.24) is 10.6 Å². The first kappa shape index (κ1) is 18.8. The maximum atomic E-state index is 12.0. The summed E-state index contributed by atoms with van der Waals surface area (Å²) in [6, 6.07) is 3.27. The molecule has 2 N–H and O–H groups in total. The molecule has 0 saturated carbocycles. The van der Waals surface area contributed by atoms with Crippen LogP contribution in [0.25, 0.3) is 6.08 Å². The molecule has 25 heavy (non-hydrogen) atoms. The molecular weight excluding hydrogens is 320 g/mol. The first-order valence-corrected chi connectivity index (χ1v) is 8.67. The molecule has 0 aliphatic carbocycles. The molecule has 0 aromatic heterocycles. The van der Waals surface area contributed by atoms with E-state index in [4.69, 9.17) is 9.47 Å². The Bertz CT molecular complexity index is 670. The van der Waals surface area contributed by atoms with Crippen LogP contribution in [0.1, 0.15) is 38.8 Å². The molecule has 0 unspecified atom stereocenters. The number of likely N-dealkylation sites (N-methyl/N-ethyl adjacent to an activating group) is 1. The van der Waals surface area contributed by atoms with Crippen molar-refractivity contribution in [2.75, 3.05) is 13.2 Å². The minimum atomic E-state index is -0.590. The molecule has 136 valence electrons. The number of fused-ring (bicyclic) bond motifs is 1. The maximum absolute atomic E-state index is 12.0. The minimum absolute atomic E-state index is 0.143. The van der Waals surface area contributed by atoms with E-state index in [0.29, 0.717) is 13.2 Å². The van der Waals surface area contributed by atoms with E-state index in [0.717, 1.165) is 29.0 Å². The Kier molecular flexibility index (Phi) is 6.44. The highest BCUT2D eigenvalue weighted by molar-refractivity contribution is 5.95. The lowest BCUT2D eigenvalue weighted by Crippen LogP contribution is -2.44. The topological polar surface area (TPSA) is 76.7 Å². The molecule has 0 fully saturated rings. The Morgan fingerprint density at radius 3 is 2.84 bits per heavy atom. The van der Waals surface area contributed by atoms with Crippen molar-refractivity contribution >= 4 is 17.9 Å². The van der Waals surface area contributed by atoms with Crippen molar-refractivity contribution in [2.45, 2.75) is 46.3 Å². The molecule has 0 saturated heterocycles. The van der Waals surface area contributed by atoms with Crippen LogP contribution >= 0.6 is 0 Å². The lowest BCUT2D eigenvalue weighted by atomic mass is 10.1. The van der Waals surface area contributed by atoms with Gasteiger partial charge in [0, 0.05) is 30.2 Å². The van der Waals surface area contributed by atoms with Crippen LogP contribution in [-0.4, -0.2) is 37.1 Å². The van der Waals surface area contributed by atoms with Crippen molar-refractivity contribution in [2.24, 2.45) is 0 Å². The Morgan fingerprint density at radius 1 is 1.40 bits per heavy atom. The summed E-state index contributed by atoms with van der Waals surface area (Å²) in [6.45, 7) is 8.48. The van der Waals surface area contributed by atoms with Crippen LogP contribution in [0.5, 0.6) is 11.5 Å². The Balaban J connectivity index is 2.10. The third-order valence-corrected chi connectivity index (χ3v) is 3.85. The van der Waals surface area contributed by atoms with Gasteiger partial charge in [-0.1, -0.05) is 0 Å². The number of hydrogen-bond acceptors (Lipinski definition) is 4. The third kappa shape index (κ3) is 4.98. The second-order valence-corrected chi connectivity index (χ2v) is 6.02. The number of benzene rings is 1. The fourth-order valence-electron chi connectivity index (χ4n) is 2.69. The summed E-state index contributed by atoms with van der Waals surface area (Å²) < 4.78 is 11.4. The zero-order valence-corrected chi connectivity index (χ0v) is 15.2. The summed E-state index contributed by atoms with van der Waals surface area (Å²) in [7, 11) is 0. The molecule has 0 bridgehead atoms. The van der Waals surface area contributed by atoms with Crippen LogP contribution in [0, 0.1) is 0 Å². The largest absolute Gasteiger partial charge is 0.493 e. The lowest BCUT2D eigenvalue weighted by molar-refractivity contribution is -0.126. The first-order valence-electron chi connectivity index (χ1n) is 8.67. The Morgan fingerprint density at radius 2 is 2.16 bits per heavy atom.